The van der Waals surface area contributed by atoms with Gasteiger partial charge in [-0.15, -0.1) is 0 Å². The van der Waals surface area contributed by atoms with E-state index in [1.54, 1.807) is 12.6 Å². The number of aryl methyl sites for hydroxylation is 1. The summed E-state index contributed by atoms with van der Waals surface area (Å²) >= 11 is 0. The minimum absolute atomic E-state index is 0.157. The van der Waals surface area contributed by atoms with Crippen LogP contribution in [-0.2, 0) is 26.0 Å². The van der Waals surface area contributed by atoms with Gasteiger partial charge >= 0.3 is 0 Å². The van der Waals surface area contributed by atoms with Crippen molar-refractivity contribution < 1.29 is 23.2 Å². The van der Waals surface area contributed by atoms with Crippen molar-refractivity contribution in [2.24, 2.45) is 0 Å². The molecule has 2 N–H and O–H groups in total. The van der Waals surface area contributed by atoms with Gasteiger partial charge in [-0.3, -0.25) is 10.0 Å². The van der Waals surface area contributed by atoms with Crippen LogP contribution in [0, 0.1) is 0 Å². The topological polar surface area (TPSA) is 99.2 Å². The third-order valence-electron chi connectivity index (χ3n) is 7.35. The Hall–Kier alpha value is -1.52. The number of methoxy groups -OCH3 is 1. The second-order valence-electron chi connectivity index (χ2n) is 9.29. The number of piperidine rings is 2. The first-order valence-electron chi connectivity index (χ1n) is 12.1. The van der Waals surface area contributed by atoms with Crippen LogP contribution >= 0.6 is 0 Å². The van der Waals surface area contributed by atoms with Gasteiger partial charge < -0.3 is 9.64 Å². The minimum atomic E-state index is -3.92. The fraction of sp³-hybridized carbons (Fsp3) is 0.708. The molecular weight excluding hydrogens is 442 g/mol. The Bertz CT molecular complexity index is 859. The molecule has 0 saturated carbocycles. The second kappa shape index (κ2) is 11.8. The van der Waals surface area contributed by atoms with Crippen LogP contribution in [0.1, 0.15) is 62.5 Å². The van der Waals surface area contributed by atoms with E-state index in [2.05, 4.69) is 36.1 Å². The molecule has 8 nitrogen and oxygen atoms in total. The van der Waals surface area contributed by atoms with E-state index >= 15 is 0 Å². The number of carbonyl (C=O) groups excluding carboxylic acids is 1. The van der Waals surface area contributed by atoms with Crippen LogP contribution in [-0.4, -0.2) is 79.9 Å². The van der Waals surface area contributed by atoms with Crippen LogP contribution in [0.4, 0.5) is 0 Å². The van der Waals surface area contributed by atoms with Gasteiger partial charge in [0, 0.05) is 39.8 Å². The fourth-order valence-corrected chi connectivity index (χ4v) is 7.24. The van der Waals surface area contributed by atoms with Gasteiger partial charge in [-0.05, 0) is 55.6 Å². The molecule has 0 unspecified atom stereocenters. The number of unbranched alkanes of at least 4 members (excludes halogenated alkanes) is 1. The average Bonchev–Trinajstić information content (AvgIpc) is 2.86. The van der Waals surface area contributed by atoms with Gasteiger partial charge in [-0.2, -0.15) is 0 Å². The summed E-state index contributed by atoms with van der Waals surface area (Å²) in [6.07, 6.45) is 5.22. The number of ether oxygens (including phenoxy) is 1. The highest BCUT2D eigenvalue weighted by Gasteiger charge is 2.55. The van der Waals surface area contributed by atoms with Crippen LogP contribution in [0.3, 0.4) is 0 Å². The van der Waals surface area contributed by atoms with Gasteiger partial charge in [0.1, 0.15) is 0 Å². The Morgan fingerprint density at radius 3 is 2.33 bits per heavy atom. The summed E-state index contributed by atoms with van der Waals surface area (Å²) < 4.78 is 32.3. The van der Waals surface area contributed by atoms with E-state index in [4.69, 9.17) is 4.74 Å². The summed E-state index contributed by atoms with van der Waals surface area (Å²) in [6.45, 7) is 5.15. The smallest absolute Gasteiger partial charge is 0.266 e. The Labute approximate surface area is 198 Å². The van der Waals surface area contributed by atoms with Crippen molar-refractivity contribution in [3.8, 4) is 0 Å². The van der Waals surface area contributed by atoms with Crippen molar-refractivity contribution in [2.45, 2.75) is 62.5 Å². The molecule has 2 fully saturated rings. The Morgan fingerprint density at radius 1 is 1.15 bits per heavy atom. The van der Waals surface area contributed by atoms with E-state index in [9.17, 15) is 18.4 Å². The largest absolute Gasteiger partial charge is 0.383 e. The van der Waals surface area contributed by atoms with Crippen LogP contribution in [0.15, 0.2) is 24.3 Å². The first kappa shape index (κ1) is 26.1. The molecule has 186 valence electrons. The maximum absolute atomic E-state index is 13.7. The number of carbonyl (C=O) groups is 1. The Kier molecular flexibility index (Phi) is 9.29. The molecule has 2 heterocycles. The van der Waals surface area contributed by atoms with E-state index in [-0.39, 0.29) is 12.8 Å². The number of hydrogen-bond donors (Lipinski definition) is 2. The van der Waals surface area contributed by atoms with Gasteiger partial charge in [0.25, 0.3) is 5.91 Å². The van der Waals surface area contributed by atoms with Crippen molar-refractivity contribution in [1.29, 1.82) is 0 Å². The number of rotatable bonds is 10. The number of nitrogens with zero attached hydrogens (tertiary/aromatic N) is 2. The molecule has 0 spiro atoms. The molecule has 1 aromatic carbocycles. The van der Waals surface area contributed by atoms with E-state index in [0.717, 1.165) is 19.3 Å². The molecule has 2 saturated heterocycles. The van der Waals surface area contributed by atoms with Gasteiger partial charge in [0.05, 0.1) is 6.61 Å². The van der Waals surface area contributed by atoms with Crippen molar-refractivity contribution in [3.05, 3.63) is 35.4 Å². The molecule has 1 amide bonds. The summed E-state index contributed by atoms with van der Waals surface area (Å²) in [4.78, 5) is 14.8. The maximum Gasteiger partial charge on any atom is 0.266 e. The monoisotopic (exact) mass is 481 g/mol. The van der Waals surface area contributed by atoms with Gasteiger partial charge in [-0.25, -0.2) is 18.2 Å². The first-order valence-corrected chi connectivity index (χ1v) is 13.6. The zero-order valence-electron chi connectivity index (χ0n) is 20.0. The molecule has 0 aliphatic carbocycles. The highest BCUT2D eigenvalue weighted by atomic mass is 32.2. The molecule has 0 aromatic heterocycles. The Morgan fingerprint density at radius 2 is 1.79 bits per heavy atom. The predicted octanol–water partition coefficient (Wildman–Crippen LogP) is 2.52. The third kappa shape index (κ3) is 5.77. The summed E-state index contributed by atoms with van der Waals surface area (Å²) in [5, 5.41) is 9.37. The summed E-state index contributed by atoms with van der Waals surface area (Å²) in [6, 6.07) is 8.73. The zero-order valence-corrected chi connectivity index (χ0v) is 20.8. The van der Waals surface area contributed by atoms with E-state index in [0.29, 0.717) is 45.2 Å². The van der Waals surface area contributed by atoms with Crippen LogP contribution in [0.2, 0.25) is 0 Å². The van der Waals surface area contributed by atoms with E-state index < -0.39 is 20.7 Å². The number of sulfonamides is 1. The molecule has 9 heteroatoms. The van der Waals surface area contributed by atoms with Gasteiger partial charge in [0.2, 0.25) is 10.0 Å². The lowest BCUT2D eigenvalue weighted by Crippen LogP contribution is -2.62. The molecule has 33 heavy (non-hydrogen) atoms. The molecule has 1 aromatic rings. The van der Waals surface area contributed by atoms with Crippen LogP contribution in [0.5, 0.6) is 0 Å². The number of likely N-dealkylation sites (tertiary alicyclic amines) is 1. The Balaban J connectivity index is 1.66. The van der Waals surface area contributed by atoms with Crippen molar-refractivity contribution >= 4 is 15.9 Å². The van der Waals surface area contributed by atoms with Gasteiger partial charge in [0.15, 0.2) is 4.75 Å². The maximum atomic E-state index is 13.7. The highest BCUT2D eigenvalue weighted by Crippen LogP contribution is 2.37. The SMILES string of the molecule is CCCCc1ccc(C2CCN(S(=O)(=O)C3(C(=O)NO)CCN(CCOC)CC3)CC2)cc1. The van der Waals surface area contributed by atoms with Crippen LogP contribution in [0.25, 0.3) is 0 Å². The van der Waals surface area contributed by atoms with Crippen LogP contribution < -0.4 is 5.48 Å². The standard InChI is InChI=1S/C24H39N3O5S/c1-3-4-5-20-6-8-21(9-7-20)22-10-14-27(15-11-22)33(30,31)24(23(28)25-29)12-16-26(17-13-24)18-19-32-2/h6-9,22,29H,3-5,10-19H2,1-2H3,(H,25,28). The lowest BCUT2D eigenvalue weighted by Gasteiger charge is -2.43. The lowest BCUT2D eigenvalue weighted by molar-refractivity contribution is -0.133. The number of amides is 1. The minimum Gasteiger partial charge on any atom is -0.383 e. The zero-order chi connectivity index (χ0) is 23.9. The van der Waals surface area contributed by atoms with E-state index in [1.807, 2.05) is 0 Å². The molecule has 0 atom stereocenters. The van der Waals surface area contributed by atoms with Crippen molar-refractivity contribution in [3.63, 3.8) is 0 Å². The molecule has 2 aliphatic rings. The molecule has 0 radical (unpaired) electrons. The highest BCUT2D eigenvalue weighted by molar-refractivity contribution is 7.91. The normalized spacial score (nSPS) is 20.6. The molecule has 2 aliphatic heterocycles. The molecule has 3 rings (SSSR count). The lowest BCUT2D eigenvalue weighted by atomic mass is 9.89. The number of hydroxylamine groups is 1. The average molecular weight is 482 g/mol. The first-order chi connectivity index (χ1) is 15.9. The second-order valence-corrected chi connectivity index (χ2v) is 11.5. The summed E-state index contributed by atoms with van der Waals surface area (Å²) in [5.41, 5.74) is 4.24. The summed E-state index contributed by atoms with van der Waals surface area (Å²) in [7, 11) is -2.29. The third-order valence-corrected chi connectivity index (χ3v) is 9.97. The van der Waals surface area contributed by atoms with Crippen molar-refractivity contribution in [1.82, 2.24) is 14.7 Å². The predicted molar refractivity (Wildman–Crippen MR) is 128 cm³/mol. The number of hydrogen-bond acceptors (Lipinski definition) is 6. The quantitative estimate of drug-likeness (QED) is 0.394. The molecule has 0 bridgehead atoms. The number of benzene rings is 1. The van der Waals surface area contributed by atoms with Gasteiger partial charge in [-0.1, -0.05) is 37.6 Å². The summed E-state index contributed by atoms with van der Waals surface area (Å²) in [5.74, 6) is -0.506. The fourth-order valence-electron chi connectivity index (χ4n) is 5.08. The number of nitrogens with one attached hydrogen (secondary N) is 1. The molecular formula is C24H39N3O5S. The van der Waals surface area contributed by atoms with E-state index in [1.165, 1.54) is 28.3 Å². The van der Waals surface area contributed by atoms with Crippen molar-refractivity contribution in [2.75, 3.05) is 46.4 Å².